The predicted molar refractivity (Wildman–Crippen MR) is 35.2 cm³/mol. The molecule has 8 heavy (non-hydrogen) atoms. The summed E-state index contributed by atoms with van der Waals surface area (Å²) in [7, 11) is 0. The Morgan fingerprint density at radius 3 is 2.25 bits per heavy atom. The fourth-order valence-electron chi connectivity index (χ4n) is 1.09. The number of rotatable bonds is 1. The van der Waals surface area contributed by atoms with Crippen LogP contribution in [0.2, 0.25) is 0 Å². The summed E-state index contributed by atoms with van der Waals surface area (Å²) < 4.78 is 5.31. The molecule has 2 heterocycles. The Morgan fingerprint density at radius 1 is 1.38 bits per heavy atom. The SMILES string of the molecule is C1CC(C2CCS2)O1. The van der Waals surface area contributed by atoms with Crippen LogP contribution in [0.4, 0.5) is 0 Å². The van der Waals surface area contributed by atoms with Crippen LogP contribution in [-0.4, -0.2) is 23.7 Å². The van der Waals surface area contributed by atoms with Crippen molar-refractivity contribution in [1.29, 1.82) is 0 Å². The molecule has 0 spiro atoms. The third-order valence-corrected chi connectivity index (χ3v) is 3.32. The van der Waals surface area contributed by atoms with Crippen LogP contribution in [0.5, 0.6) is 0 Å². The summed E-state index contributed by atoms with van der Waals surface area (Å²) in [5.74, 6) is 1.37. The quantitative estimate of drug-likeness (QED) is 0.529. The first-order valence-electron chi connectivity index (χ1n) is 3.20. The van der Waals surface area contributed by atoms with Crippen LogP contribution in [-0.2, 0) is 4.74 Å². The Hall–Kier alpha value is 0.310. The summed E-state index contributed by atoms with van der Waals surface area (Å²) >= 11 is 2.06. The molecule has 2 heteroatoms. The molecule has 0 amide bonds. The standard InChI is InChI=1S/C6H10OS/c1-3-7-5(1)6-2-4-8-6/h5-6H,1-4H2. The van der Waals surface area contributed by atoms with Gasteiger partial charge in [0, 0.05) is 11.9 Å². The van der Waals surface area contributed by atoms with Crippen molar-refractivity contribution in [3.8, 4) is 0 Å². The highest BCUT2D eigenvalue weighted by Crippen LogP contribution is 2.36. The highest BCUT2D eigenvalue weighted by atomic mass is 32.2. The molecule has 2 aliphatic heterocycles. The lowest BCUT2D eigenvalue weighted by molar-refractivity contribution is -0.0525. The topological polar surface area (TPSA) is 9.23 Å². The molecule has 46 valence electrons. The molecule has 2 fully saturated rings. The van der Waals surface area contributed by atoms with Gasteiger partial charge in [-0.3, -0.25) is 0 Å². The summed E-state index contributed by atoms with van der Waals surface area (Å²) in [5, 5.41) is 0.878. The molecule has 0 aromatic heterocycles. The van der Waals surface area contributed by atoms with Gasteiger partial charge in [-0.15, -0.1) is 0 Å². The molecule has 2 aliphatic rings. The summed E-state index contributed by atoms with van der Waals surface area (Å²) in [6.07, 6.45) is 3.36. The van der Waals surface area contributed by atoms with Gasteiger partial charge >= 0.3 is 0 Å². The first kappa shape index (κ1) is 5.12. The Labute approximate surface area is 53.8 Å². The van der Waals surface area contributed by atoms with E-state index in [2.05, 4.69) is 11.8 Å². The maximum absolute atomic E-state index is 5.31. The van der Waals surface area contributed by atoms with Gasteiger partial charge in [-0.05, 0) is 18.6 Å². The van der Waals surface area contributed by atoms with E-state index in [1.807, 2.05) is 0 Å². The Bertz CT molecular complexity index is 74.5. The second kappa shape index (κ2) is 1.92. The first-order valence-corrected chi connectivity index (χ1v) is 4.25. The van der Waals surface area contributed by atoms with Gasteiger partial charge in [0.05, 0.1) is 6.10 Å². The van der Waals surface area contributed by atoms with Crippen molar-refractivity contribution in [3.63, 3.8) is 0 Å². The minimum Gasteiger partial charge on any atom is -0.377 e. The molecule has 1 nitrogen and oxygen atoms in total. The summed E-state index contributed by atoms with van der Waals surface area (Å²) in [4.78, 5) is 0. The van der Waals surface area contributed by atoms with Gasteiger partial charge < -0.3 is 4.74 Å². The zero-order valence-corrected chi connectivity index (χ0v) is 5.62. The van der Waals surface area contributed by atoms with Crippen LogP contribution in [0.3, 0.4) is 0 Å². The van der Waals surface area contributed by atoms with E-state index in [-0.39, 0.29) is 0 Å². The third-order valence-electron chi connectivity index (χ3n) is 1.88. The van der Waals surface area contributed by atoms with E-state index < -0.39 is 0 Å². The van der Waals surface area contributed by atoms with Crippen molar-refractivity contribution in [3.05, 3.63) is 0 Å². The zero-order chi connectivity index (χ0) is 5.40. The van der Waals surface area contributed by atoms with Crippen LogP contribution in [0.1, 0.15) is 12.8 Å². The summed E-state index contributed by atoms with van der Waals surface area (Å²) in [6.45, 7) is 1.02. The molecular formula is C6H10OS. The molecule has 0 aromatic carbocycles. The molecule has 0 radical (unpaired) electrons. The van der Waals surface area contributed by atoms with Crippen molar-refractivity contribution >= 4 is 11.8 Å². The van der Waals surface area contributed by atoms with E-state index in [1.54, 1.807) is 0 Å². The maximum atomic E-state index is 5.31. The Balaban J connectivity index is 1.79. The first-order chi connectivity index (χ1) is 3.97. The fraction of sp³-hybridized carbons (Fsp3) is 1.00. The average Bonchev–Trinajstić information content (AvgIpc) is 1.47. The van der Waals surface area contributed by atoms with Gasteiger partial charge in [-0.25, -0.2) is 0 Å². The van der Waals surface area contributed by atoms with Gasteiger partial charge in [0.2, 0.25) is 0 Å². The molecule has 0 N–H and O–H groups in total. The molecule has 0 saturated carbocycles. The Kier molecular flexibility index (Phi) is 1.23. The monoisotopic (exact) mass is 130 g/mol. The maximum Gasteiger partial charge on any atom is 0.0715 e. The second-order valence-electron chi connectivity index (χ2n) is 2.40. The lowest BCUT2D eigenvalue weighted by Gasteiger charge is -2.38. The van der Waals surface area contributed by atoms with Crippen molar-refractivity contribution < 1.29 is 4.74 Å². The van der Waals surface area contributed by atoms with E-state index >= 15 is 0 Å². The van der Waals surface area contributed by atoms with E-state index in [0.717, 1.165) is 11.9 Å². The smallest absolute Gasteiger partial charge is 0.0715 e. The molecule has 0 aromatic rings. The van der Waals surface area contributed by atoms with E-state index in [1.165, 1.54) is 18.6 Å². The lowest BCUT2D eigenvalue weighted by atomic mass is 10.1. The number of ether oxygens (including phenoxy) is 1. The summed E-state index contributed by atoms with van der Waals surface area (Å²) in [6, 6.07) is 0. The van der Waals surface area contributed by atoms with Gasteiger partial charge in [-0.2, -0.15) is 11.8 Å². The van der Waals surface area contributed by atoms with E-state index in [4.69, 9.17) is 4.74 Å². The van der Waals surface area contributed by atoms with Crippen LogP contribution in [0.25, 0.3) is 0 Å². The van der Waals surface area contributed by atoms with Crippen LogP contribution in [0.15, 0.2) is 0 Å². The highest BCUT2D eigenvalue weighted by Gasteiger charge is 2.32. The van der Waals surface area contributed by atoms with E-state index in [0.29, 0.717) is 6.10 Å². The largest absolute Gasteiger partial charge is 0.377 e. The normalized spacial score (nSPS) is 45.0. The Morgan fingerprint density at radius 2 is 2.12 bits per heavy atom. The molecule has 2 unspecified atom stereocenters. The fourth-order valence-corrected chi connectivity index (χ4v) is 2.03. The summed E-state index contributed by atoms with van der Waals surface area (Å²) in [5.41, 5.74) is 0. The van der Waals surface area contributed by atoms with E-state index in [9.17, 15) is 0 Å². The number of thioether (sulfide) groups is 1. The molecule has 2 saturated heterocycles. The molecular weight excluding hydrogens is 120 g/mol. The number of hydrogen-bond acceptors (Lipinski definition) is 2. The third kappa shape index (κ3) is 0.669. The zero-order valence-electron chi connectivity index (χ0n) is 4.80. The second-order valence-corrected chi connectivity index (χ2v) is 3.74. The van der Waals surface area contributed by atoms with Crippen molar-refractivity contribution in [2.45, 2.75) is 24.2 Å². The minimum atomic E-state index is 0.647. The number of hydrogen-bond donors (Lipinski definition) is 0. The predicted octanol–water partition coefficient (Wildman–Crippen LogP) is 1.28. The van der Waals surface area contributed by atoms with Crippen LogP contribution in [0, 0.1) is 0 Å². The van der Waals surface area contributed by atoms with Crippen LogP contribution >= 0.6 is 11.8 Å². The molecule has 2 rings (SSSR count). The molecule has 2 atom stereocenters. The average molecular weight is 130 g/mol. The van der Waals surface area contributed by atoms with Crippen molar-refractivity contribution in [2.75, 3.05) is 12.4 Å². The van der Waals surface area contributed by atoms with Gasteiger partial charge in [0.25, 0.3) is 0 Å². The molecule has 0 aliphatic carbocycles. The van der Waals surface area contributed by atoms with Gasteiger partial charge in [0.15, 0.2) is 0 Å². The van der Waals surface area contributed by atoms with Crippen molar-refractivity contribution in [2.24, 2.45) is 0 Å². The van der Waals surface area contributed by atoms with Gasteiger partial charge in [0.1, 0.15) is 0 Å². The molecule has 0 bridgehead atoms. The highest BCUT2D eigenvalue weighted by molar-refractivity contribution is 8.01. The minimum absolute atomic E-state index is 0.647. The van der Waals surface area contributed by atoms with Crippen molar-refractivity contribution in [1.82, 2.24) is 0 Å². The lowest BCUT2D eigenvalue weighted by Crippen LogP contribution is -2.40. The van der Waals surface area contributed by atoms with Crippen LogP contribution < -0.4 is 0 Å². The van der Waals surface area contributed by atoms with Gasteiger partial charge in [-0.1, -0.05) is 0 Å².